The van der Waals surface area contributed by atoms with Gasteiger partial charge < -0.3 is 19.7 Å². The van der Waals surface area contributed by atoms with E-state index in [1.54, 1.807) is 25.3 Å². The second-order valence-electron chi connectivity index (χ2n) is 7.18. The van der Waals surface area contributed by atoms with Crippen molar-refractivity contribution in [2.45, 2.75) is 45.8 Å². The molecule has 0 aromatic heterocycles. The highest BCUT2D eigenvalue weighted by atomic mass is 19.1. The Hall–Kier alpha value is -3.09. The van der Waals surface area contributed by atoms with Crippen LogP contribution < -0.4 is 14.8 Å². The van der Waals surface area contributed by atoms with Crippen molar-refractivity contribution >= 4 is 11.8 Å². The molecule has 0 saturated heterocycles. The summed E-state index contributed by atoms with van der Waals surface area (Å²) in [4.78, 5) is 27.3. The normalized spacial score (nSPS) is 11.7. The number of benzene rings is 2. The zero-order chi connectivity index (χ0) is 22.1. The van der Waals surface area contributed by atoms with E-state index >= 15 is 0 Å². The van der Waals surface area contributed by atoms with Gasteiger partial charge >= 0.3 is 0 Å². The van der Waals surface area contributed by atoms with Gasteiger partial charge in [-0.05, 0) is 50.1 Å². The summed E-state index contributed by atoms with van der Waals surface area (Å²) >= 11 is 0. The lowest BCUT2D eigenvalue weighted by Gasteiger charge is -2.31. The van der Waals surface area contributed by atoms with Gasteiger partial charge in [0.15, 0.2) is 18.2 Å². The smallest absolute Gasteiger partial charge is 0.261 e. The molecule has 1 N–H and O–H groups in total. The highest BCUT2D eigenvalue weighted by Gasteiger charge is 2.29. The van der Waals surface area contributed by atoms with Crippen molar-refractivity contribution in [2.24, 2.45) is 0 Å². The fourth-order valence-corrected chi connectivity index (χ4v) is 3.05. The van der Waals surface area contributed by atoms with Crippen LogP contribution in [0.1, 0.15) is 32.8 Å². The van der Waals surface area contributed by atoms with Crippen LogP contribution in [0.25, 0.3) is 0 Å². The Balaban J connectivity index is 2.24. The largest absolute Gasteiger partial charge is 0.497 e. The number of carbonyl (C=O) groups is 2. The molecule has 162 valence electrons. The maximum atomic E-state index is 13.8. The SMILES string of the molecule is CC[C@@H](C(=O)NC(C)C)N(Cc1cccc(OC)c1)C(=O)COc1ccccc1F. The highest BCUT2D eigenvalue weighted by molar-refractivity contribution is 5.88. The Morgan fingerprint density at radius 2 is 1.87 bits per heavy atom. The molecule has 0 heterocycles. The van der Waals surface area contributed by atoms with E-state index in [0.717, 1.165) is 5.56 Å². The fourth-order valence-electron chi connectivity index (χ4n) is 3.05. The molecular weight excluding hydrogens is 387 g/mol. The molecule has 1 atom stereocenters. The molecule has 7 heteroatoms. The first-order chi connectivity index (χ1) is 14.3. The zero-order valence-electron chi connectivity index (χ0n) is 17.9. The summed E-state index contributed by atoms with van der Waals surface area (Å²) in [5.41, 5.74) is 0.810. The number of nitrogens with zero attached hydrogens (tertiary/aromatic N) is 1. The average molecular weight is 416 g/mol. The molecule has 0 spiro atoms. The second-order valence-corrected chi connectivity index (χ2v) is 7.18. The number of methoxy groups -OCH3 is 1. The van der Waals surface area contributed by atoms with Gasteiger partial charge in [-0.2, -0.15) is 0 Å². The molecule has 2 aromatic carbocycles. The van der Waals surface area contributed by atoms with E-state index in [0.29, 0.717) is 12.2 Å². The summed E-state index contributed by atoms with van der Waals surface area (Å²) in [7, 11) is 1.56. The quantitative estimate of drug-likeness (QED) is 0.643. The summed E-state index contributed by atoms with van der Waals surface area (Å²) in [6.07, 6.45) is 0.425. The van der Waals surface area contributed by atoms with Gasteiger partial charge in [0.2, 0.25) is 5.91 Å². The minimum atomic E-state index is -0.685. The molecule has 30 heavy (non-hydrogen) atoms. The molecule has 6 nitrogen and oxygen atoms in total. The molecule has 0 aliphatic heterocycles. The first-order valence-electron chi connectivity index (χ1n) is 9.95. The van der Waals surface area contributed by atoms with Gasteiger partial charge in [-0.3, -0.25) is 9.59 Å². The van der Waals surface area contributed by atoms with Crippen molar-refractivity contribution in [3.05, 3.63) is 59.9 Å². The monoisotopic (exact) mass is 416 g/mol. The summed E-state index contributed by atoms with van der Waals surface area (Å²) in [5.74, 6) is -0.551. The number of hydrogen-bond donors (Lipinski definition) is 1. The Labute approximate surface area is 177 Å². The van der Waals surface area contributed by atoms with Crippen molar-refractivity contribution < 1.29 is 23.5 Å². The number of hydrogen-bond acceptors (Lipinski definition) is 4. The molecule has 0 radical (unpaired) electrons. The molecule has 2 aromatic rings. The maximum absolute atomic E-state index is 13.8. The van der Waals surface area contributed by atoms with E-state index in [1.807, 2.05) is 39.0 Å². The van der Waals surface area contributed by atoms with E-state index in [4.69, 9.17) is 9.47 Å². The zero-order valence-corrected chi connectivity index (χ0v) is 17.9. The van der Waals surface area contributed by atoms with Crippen molar-refractivity contribution in [2.75, 3.05) is 13.7 Å². The average Bonchev–Trinajstić information content (AvgIpc) is 2.72. The van der Waals surface area contributed by atoms with Crippen LogP contribution in [0.2, 0.25) is 0 Å². The summed E-state index contributed by atoms with van der Waals surface area (Å²) in [6.45, 7) is 5.38. The molecule has 2 amide bonds. The first kappa shape index (κ1) is 23.2. The van der Waals surface area contributed by atoms with Crippen molar-refractivity contribution in [3.8, 4) is 11.5 Å². The van der Waals surface area contributed by atoms with Crippen molar-refractivity contribution in [1.82, 2.24) is 10.2 Å². The lowest BCUT2D eigenvalue weighted by Crippen LogP contribution is -2.51. The Kier molecular flexibility index (Phi) is 8.65. The topological polar surface area (TPSA) is 67.9 Å². The number of amides is 2. The summed E-state index contributed by atoms with van der Waals surface area (Å²) < 4.78 is 24.5. The Morgan fingerprint density at radius 1 is 1.13 bits per heavy atom. The Bertz CT molecular complexity index is 857. The highest BCUT2D eigenvalue weighted by Crippen LogP contribution is 2.19. The van der Waals surface area contributed by atoms with Crippen LogP contribution in [0.3, 0.4) is 0 Å². The second kappa shape index (κ2) is 11.2. The van der Waals surface area contributed by atoms with Gasteiger partial charge in [0, 0.05) is 12.6 Å². The molecule has 0 fully saturated rings. The summed E-state index contributed by atoms with van der Waals surface area (Å²) in [6, 6.07) is 12.4. The molecule has 0 bridgehead atoms. The van der Waals surface area contributed by atoms with Crippen LogP contribution in [0.5, 0.6) is 11.5 Å². The van der Waals surface area contributed by atoms with E-state index in [1.165, 1.54) is 17.0 Å². The number of ether oxygens (including phenoxy) is 2. The predicted molar refractivity (Wildman–Crippen MR) is 113 cm³/mol. The molecule has 0 aliphatic carbocycles. The maximum Gasteiger partial charge on any atom is 0.261 e. The first-order valence-corrected chi connectivity index (χ1v) is 9.95. The standard InChI is InChI=1S/C23H29FN2O4/c1-5-20(23(28)25-16(2)3)26(14-17-9-8-10-18(13-17)29-4)22(27)15-30-21-12-7-6-11-19(21)24/h6-13,16,20H,5,14-15H2,1-4H3,(H,25,28)/t20-/m0/s1. The fraction of sp³-hybridized carbons (Fsp3) is 0.391. The third-order valence-corrected chi connectivity index (χ3v) is 4.49. The third kappa shape index (κ3) is 6.47. The Morgan fingerprint density at radius 3 is 2.50 bits per heavy atom. The van der Waals surface area contributed by atoms with E-state index in [-0.39, 0.29) is 30.9 Å². The van der Waals surface area contributed by atoms with Crippen LogP contribution in [0.4, 0.5) is 4.39 Å². The van der Waals surface area contributed by atoms with Crippen LogP contribution in [0.15, 0.2) is 48.5 Å². The van der Waals surface area contributed by atoms with Crippen molar-refractivity contribution in [1.29, 1.82) is 0 Å². The van der Waals surface area contributed by atoms with Crippen LogP contribution in [0, 0.1) is 5.82 Å². The van der Waals surface area contributed by atoms with Gasteiger partial charge in [-0.1, -0.05) is 31.2 Å². The summed E-state index contributed by atoms with van der Waals surface area (Å²) in [5, 5.41) is 2.86. The van der Waals surface area contributed by atoms with Gasteiger partial charge in [-0.15, -0.1) is 0 Å². The number of carbonyl (C=O) groups excluding carboxylic acids is 2. The van der Waals surface area contributed by atoms with Gasteiger partial charge in [0.1, 0.15) is 11.8 Å². The molecule has 0 saturated carbocycles. The minimum Gasteiger partial charge on any atom is -0.497 e. The predicted octanol–water partition coefficient (Wildman–Crippen LogP) is 3.55. The molecular formula is C23H29FN2O4. The minimum absolute atomic E-state index is 0.00754. The van der Waals surface area contributed by atoms with Gasteiger partial charge in [0.25, 0.3) is 5.91 Å². The van der Waals surface area contributed by atoms with Crippen molar-refractivity contribution in [3.63, 3.8) is 0 Å². The van der Waals surface area contributed by atoms with Gasteiger partial charge in [0.05, 0.1) is 7.11 Å². The third-order valence-electron chi connectivity index (χ3n) is 4.49. The van der Waals surface area contributed by atoms with Gasteiger partial charge in [-0.25, -0.2) is 4.39 Å². The lowest BCUT2D eigenvalue weighted by molar-refractivity contribution is -0.143. The molecule has 0 aliphatic rings. The number of rotatable bonds is 10. The van der Waals surface area contributed by atoms with Crippen LogP contribution in [-0.2, 0) is 16.1 Å². The van der Waals surface area contributed by atoms with E-state index < -0.39 is 17.8 Å². The van der Waals surface area contributed by atoms with E-state index in [2.05, 4.69) is 5.32 Å². The number of para-hydroxylation sites is 1. The van der Waals surface area contributed by atoms with Crippen LogP contribution in [-0.4, -0.2) is 42.5 Å². The molecule has 2 rings (SSSR count). The van der Waals surface area contributed by atoms with Crippen LogP contribution >= 0.6 is 0 Å². The lowest BCUT2D eigenvalue weighted by atomic mass is 10.1. The number of nitrogens with one attached hydrogen (secondary N) is 1. The van der Waals surface area contributed by atoms with E-state index in [9.17, 15) is 14.0 Å². The molecule has 0 unspecified atom stereocenters. The number of halogens is 1.